The lowest BCUT2D eigenvalue weighted by Crippen LogP contribution is -2.32. The minimum atomic E-state index is -0.641. The normalized spacial score (nSPS) is 26.0. The molecule has 21 heavy (non-hydrogen) atoms. The van der Waals surface area contributed by atoms with Crippen LogP contribution >= 0.6 is 11.8 Å². The molecule has 3 rings (SSSR count). The highest BCUT2D eigenvalue weighted by Gasteiger charge is 2.35. The van der Waals surface area contributed by atoms with Crippen molar-refractivity contribution in [1.82, 2.24) is 4.98 Å². The van der Waals surface area contributed by atoms with Crippen LogP contribution in [0.1, 0.15) is 32.6 Å². The van der Waals surface area contributed by atoms with Gasteiger partial charge in [-0.1, -0.05) is 31.5 Å². The van der Waals surface area contributed by atoms with Gasteiger partial charge < -0.3 is 10.1 Å². The van der Waals surface area contributed by atoms with Crippen LogP contribution < -0.4 is 0 Å². The van der Waals surface area contributed by atoms with Crippen molar-refractivity contribution in [1.29, 1.82) is 0 Å². The maximum atomic E-state index is 11.5. The number of rotatable bonds is 4. The number of carboxylic acids is 1. The fourth-order valence-corrected chi connectivity index (χ4v) is 4.74. The lowest BCUT2D eigenvalue weighted by atomic mass is 9.80. The van der Waals surface area contributed by atoms with Gasteiger partial charge in [0.1, 0.15) is 0 Å². The van der Waals surface area contributed by atoms with E-state index in [9.17, 15) is 9.90 Å². The molecule has 1 fully saturated rings. The Morgan fingerprint density at radius 3 is 2.90 bits per heavy atom. The first-order valence-corrected chi connectivity index (χ1v) is 8.52. The summed E-state index contributed by atoms with van der Waals surface area (Å²) in [7, 11) is 0. The highest BCUT2D eigenvalue weighted by Crippen LogP contribution is 2.41. The summed E-state index contributed by atoms with van der Waals surface area (Å²) in [6, 6.07) is 10.3. The Balaban J connectivity index is 1.80. The minimum Gasteiger partial charge on any atom is -0.481 e. The smallest absolute Gasteiger partial charge is 0.307 e. The van der Waals surface area contributed by atoms with Crippen molar-refractivity contribution >= 4 is 28.6 Å². The number of aromatic nitrogens is 1. The third kappa shape index (κ3) is 3.10. The molecule has 0 spiro atoms. The molecule has 1 aromatic carbocycles. The Labute approximate surface area is 129 Å². The SMILES string of the molecule is CCC1CCC(C(=O)O)C(Sc2cc3ccccc3[nH]2)C1. The summed E-state index contributed by atoms with van der Waals surface area (Å²) in [6.07, 6.45) is 4.02. The molecule has 0 bridgehead atoms. The number of hydrogen-bond acceptors (Lipinski definition) is 2. The zero-order valence-corrected chi connectivity index (χ0v) is 13.0. The van der Waals surface area contributed by atoms with Crippen molar-refractivity contribution in [2.45, 2.75) is 42.9 Å². The number of aromatic amines is 1. The second kappa shape index (κ2) is 6.14. The van der Waals surface area contributed by atoms with Gasteiger partial charge in [0.2, 0.25) is 0 Å². The first-order chi connectivity index (χ1) is 10.2. The molecule has 1 saturated carbocycles. The number of benzene rings is 1. The average molecular weight is 303 g/mol. The number of thioether (sulfide) groups is 1. The van der Waals surface area contributed by atoms with Crippen LogP contribution in [-0.4, -0.2) is 21.3 Å². The van der Waals surface area contributed by atoms with Crippen LogP contribution in [0.15, 0.2) is 35.4 Å². The van der Waals surface area contributed by atoms with Crippen LogP contribution in [0.2, 0.25) is 0 Å². The van der Waals surface area contributed by atoms with Gasteiger partial charge in [0, 0.05) is 16.2 Å². The predicted octanol–water partition coefficient (Wildman–Crippen LogP) is 4.54. The first kappa shape index (κ1) is 14.5. The van der Waals surface area contributed by atoms with Gasteiger partial charge in [-0.25, -0.2) is 0 Å². The molecule has 2 N–H and O–H groups in total. The highest BCUT2D eigenvalue weighted by atomic mass is 32.2. The van der Waals surface area contributed by atoms with Crippen LogP contribution in [0, 0.1) is 11.8 Å². The number of carbonyl (C=O) groups is 1. The number of fused-ring (bicyclic) bond motifs is 1. The molecule has 3 atom stereocenters. The molecule has 1 aliphatic rings. The van der Waals surface area contributed by atoms with Crippen molar-refractivity contribution in [3.05, 3.63) is 30.3 Å². The Kier molecular flexibility index (Phi) is 4.24. The molecule has 2 aromatic rings. The van der Waals surface area contributed by atoms with E-state index < -0.39 is 5.97 Å². The van der Waals surface area contributed by atoms with Crippen LogP contribution in [-0.2, 0) is 4.79 Å². The Morgan fingerprint density at radius 2 is 2.19 bits per heavy atom. The largest absolute Gasteiger partial charge is 0.481 e. The van der Waals surface area contributed by atoms with Crippen LogP contribution in [0.25, 0.3) is 10.9 Å². The van der Waals surface area contributed by atoms with Gasteiger partial charge >= 0.3 is 5.97 Å². The highest BCUT2D eigenvalue weighted by molar-refractivity contribution is 7.99. The number of aliphatic carboxylic acids is 1. The van der Waals surface area contributed by atoms with Crippen molar-refractivity contribution in [2.24, 2.45) is 11.8 Å². The second-order valence-corrected chi connectivity index (χ2v) is 7.19. The second-order valence-electron chi connectivity index (χ2n) is 5.91. The van der Waals surface area contributed by atoms with Crippen LogP contribution in [0.5, 0.6) is 0 Å². The molecular weight excluding hydrogens is 282 g/mol. The summed E-state index contributed by atoms with van der Waals surface area (Å²) < 4.78 is 0. The standard InChI is InChI=1S/C17H21NO2S/c1-2-11-7-8-13(17(19)20)15(9-11)21-16-10-12-5-3-4-6-14(12)18-16/h3-6,10-11,13,15,18H,2,7-9H2,1H3,(H,19,20). The summed E-state index contributed by atoms with van der Waals surface area (Å²) in [4.78, 5) is 14.9. The van der Waals surface area contributed by atoms with Crippen molar-refractivity contribution in [2.75, 3.05) is 0 Å². The fourth-order valence-electron chi connectivity index (χ4n) is 3.27. The fraction of sp³-hybridized carbons (Fsp3) is 0.471. The van der Waals surface area contributed by atoms with Crippen molar-refractivity contribution < 1.29 is 9.90 Å². The van der Waals surface area contributed by atoms with E-state index in [-0.39, 0.29) is 11.2 Å². The maximum Gasteiger partial charge on any atom is 0.307 e. The zero-order valence-electron chi connectivity index (χ0n) is 12.2. The van der Waals surface area contributed by atoms with E-state index in [2.05, 4.69) is 30.1 Å². The lowest BCUT2D eigenvalue weighted by molar-refractivity contribution is -0.142. The molecule has 0 radical (unpaired) electrons. The number of hydrogen-bond donors (Lipinski definition) is 2. The molecule has 1 heterocycles. The van der Waals surface area contributed by atoms with Gasteiger partial charge in [-0.15, -0.1) is 11.8 Å². The average Bonchev–Trinajstić information content (AvgIpc) is 2.89. The quantitative estimate of drug-likeness (QED) is 0.872. The molecule has 0 aliphatic heterocycles. The zero-order chi connectivity index (χ0) is 14.8. The molecular formula is C17H21NO2S. The van der Waals surface area contributed by atoms with E-state index in [0.717, 1.165) is 36.2 Å². The molecule has 1 aliphatic carbocycles. The van der Waals surface area contributed by atoms with Gasteiger partial charge in [0.15, 0.2) is 0 Å². The monoisotopic (exact) mass is 303 g/mol. The van der Waals surface area contributed by atoms with Gasteiger partial charge in [0.25, 0.3) is 0 Å². The minimum absolute atomic E-state index is 0.175. The van der Waals surface area contributed by atoms with E-state index in [1.807, 2.05) is 12.1 Å². The first-order valence-electron chi connectivity index (χ1n) is 7.64. The molecule has 3 unspecified atom stereocenters. The number of nitrogens with one attached hydrogen (secondary N) is 1. The summed E-state index contributed by atoms with van der Waals surface area (Å²) in [6.45, 7) is 2.20. The molecule has 0 saturated heterocycles. The summed E-state index contributed by atoms with van der Waals surface area (Å²) in [5.74, 6) is -0.190. The van der Waals surface area contributed by atoms with E-state index in [1.54, 1.807) is 11.8 Å². The molecule has 3 nitrogen and oxygen atoms in total. The van der Waals surface area contributed by atoms with E-state index >= 15 is 0 Å². The van der Waals surface area contributed by atoms with E-state index in [0.29, 0.717) is 5.92 Å². The number of carboxylic acid groups (broad SMARTS) is 1. The number of para-hydroxylation sites is 1. The van der Waals surface area contributed by atoms with Gasteiger partial charge in [-0.05, 0) is 37.3 Å². The Hall–Kier alpha value is -1.42. The number of H-pyrrole nitrogens is 1. The maximum absolute atomic E-state index is 11.5. The summed E-state index contributed by atoms with van der Waals surface area (Å²) in [5, 5.41) is 11.9. The lowest BCUT2D eigenvalue weighted by Gasteiger charge is -2.32. The van der Waals surface area contributed by atoms with Crippen LogP contribution in [0.3, 0.4) is 0 Å². The molecule has 1 aromatic heterocycles. The summed E-state index contributed by atoms with van der Waals surface area (Å²) in [5.41, 5.74) is 1.12. The van der Waals surface area contributed by atoms with E-state index in [4.69, 9.17) is 0 Å². The summed E-state index contributed by atoms with van der Waals surface area (Å²) >= 11 is 1.71. The van der Waals surface area contributed by atoms with Gasteiger partial charge in [-0.2, -0.15) is 0 Å². The van der Waals surface area contributed by atoms with Crippen molar-refractivity contribution in [3.63, 3.8) is 0 Å². The van der Waals surface area contributed by atoms with E-state index in [1.165, 1.54) is 5.39 Å². The van der Waals surface area contributed by atoms with Crippen molar-refractivity contribution in [3.8, 4) is 0 Å². The predicted molar refractivity (Wildman–Crippen MR) is 86.7 cm³/mol. The molecule has 0 amide bonds. The van der Waals surface area contributed by atoms with Crippen LogP contribution in [0.4, 0.5) is 0 Å². The van der Waals surface area contributed by atoms with Gasteiger partial charge in [0.05, 0.1) is 10.9 Å². The molecule has 4 heteroatoms. The van der Waals surface area contributed by atoms with Gasteiger partial charge in [-0.3, -0.25) is 4.79 Å². The Morgan fingerprint density at radius 1 is 1.38 bits per heavy atom. The topological polar surface area (TPSA) is 53.1 Å². The molecule has 112 valence electrons. The Bertz CT molecular complexity index is 604. The third-order valence-electron chi connectivity index (χ3n) is 4.58. The third-order valence-corrected chi connectivity index (χ3v) is 5.88.